The monoisotopic (exact) mass is 307 g/mol. The number of hydrogen-bond donors (Lipinski definition) is 0. The molecule has 0 aromatic heterocycles. The van der Waals surface area contributed by atoms with Gasteiger partial charge in [-0.25, -0.2) is 4.79 Å². The lowest BCUT2D eigenvalue weighted by molar-refractivity contribution is -0.384. The van der Waals surface area contributed by atoms with Crippen molar-refractivity contribution in [3.63, 3.8) is 0 Å². The third kappa shape index (κ3) is 4.47. The van der Waals surface area contributed by atoms with Crippen LogP contribution in [0.25, 0.3) is 0 Å². The minimum absolute atomic E-state index is 0.0202. The molecule has 0 aliphatic carbocycles. The van der Waals surface area contributed by atoms with Crippen LogP contribution in [0.2, 0.25) is 5.02 Å². The number of benzene rings is 2. The van der Waals surface area contributed by atoms with Gasteiger partial charge in [0.2, 0.25) is 0 Å². The van der Waals surface area contributed by atoms with E-state index in [0.29, 0.717) is 5.02 Å². The van der Waals surface area contributed by atoms with Crippen LogP contribution in [0.5, 0.6) is 5.75 Å². The molecule has 0 saturated heterocycles. The number of nitro benzene ring substituents is 1. The molecule has 0 spiro atoms. The van der Waals surface area contributed by atoms with Crippen LogP contribution < -0.4 is 4.74 Å². The summed E-state index contributed by atoms with van der Waals surface area (Å²) in [5.41, 5.74) is 0.637. The molecule has 0 atom stereocenters. The third-order valence-corrected chi connectivity index (χ3v) is 2.73. The molecule has 0 N–H and O–H groups in total. The number of rotatable bonds is 4. The van der Waals surface area contributed by atoms with E-state index in [9.17, 15) is 14.9 Å². The minimum Gasteiger partial charge on any atom is -0.429 e. The van der Waals surface area contributed by atoms with Gasteiger partial charge in [0.1, 0.15) is 12.4 Å². The van der Waals surface area contributed by atoms with Crippen LogP contribution in [-0.2, 0) is 11.3 Å². The van der Waals surface area contributed by atoms with Crippen molar-refractivity contribution < 1.29 is 19.2 Å². The largest absolute Gasteiger partial charge is 0.514 e. The van der Waals surface area contributed by atoms with Gasteiger partial charge in [-0.05, 0) is 29.8 Å². The number of nitrogens with zero attached hydrogens (tertiary/aromatic N) is 1. The summed E-state index contributed by atoms with van der Waals surface area (Å²) in [6, 6.07) is 12.0. The number of carbonyl (C=O) groups is 1. The zero-order chi connectivity index (χ0) is 15.2. The summed E-state index contributed by atoms with van der Waals surface area (Å²) in [5.74, 6) is 0.164. The first-order valence-corrected chi connectivity index (χ1v) is 6.26. The van der Waals surface area contributed by atoms with Crippen molar-refractivity contribution in [3.05, 3.63) is 69.2 Å². The maximum absolute atomic E-state index is 11.5. The fourth-order valence-electron chi connectivity index (χ4n) is 1.53. The van der Waals surface area contributed by atoms with Crippen LogP contribution in [-0.4, -0.2) is 11.1 Å². The second-order valence-corrected chi connectivity index (χ2v) is 4.46. The van der Waals surface area contributed by atoms with Crippen molar-refractivity contribution in [3.8, 4) is 5.75 Å². The van der Waals surface area contributed by atoms with Gasteiger partial charge in [-0.1, -0.05) is 23.7 Å². The van der Waals surface area contributed by atoms with E-state index in [0.717, 1.165) is 5.56 Å². The average molecular weight is 308 g/mol. The Hall–Kier alpha value is -2.60. The molecule has 0 aliphatic heterocycles. The molecule has 0 heterocycles. The molecule has 0 bridgehead atoms. The lowest BCUT2D eigenvalue weighted by atomic mass is 10.2. The van der Waals surface area contributed by atoms with Crippen LogP contribution in [0.4, 0.5) is 10.5 Å². The molecule has 2 rings (SSSR count). The Bertz CT molecular complexity index is 657. The van der Waals surface area contributed by atoms with Crippen LogP contribution in [0, 0.1) is 10.1 Å². The Labute approximate surface area is 125 Å². The molecule has 7 heteroatoms. The number of hydrogen-bond acceptors (Lipinski definition) is 5. The van der Waals surface area contributed by atoms with Gasteiger partial charge in [-0.2, -0.15) is 0 Å². The van der Waals surface area contributed by atoms with Crippen LogP contribution in [0.15, 0.2) is 48.5 Å². The van der Waals surface area contributed by atoms with Crippen LogP contribution in [0.1, 0.15) is 5.56 Å². The average Bonchev–Trinajstić information content (AvgIpc) is 2.46. The molecule has 0 amide bonds. The van der Waals surface area contributed by atoms with Gasteiger partial charge in [-0.3, -0.25) is 10.1 Å². The molecule has 0 aliphatic rings. The first-order chi connectivity index (χ1) is 10.0. The highest BCUT2D eigenvalue weighted by Gasteiger charge is 2.09. The lowest BCUT2D eigenvalue weighted by Gasteiger charge is -2.06. The molecule has 21 heavy (non-hydrogen) atoms. The highest BCUT2D eigenvalue weighted by atomic mass is 35.5. The van der Waals surface area contributed by atoms with Crippen molar-refractivity contribution >= 4 is 23.4 Å². The lowest BCUT2D eigenvalue weighted by Crippen LogP contribution is -2.10. The number of carbonyl (C=O) groups excluding carboxylic acids is 1. The molecular weight excluding hydrogens is 298 g/mol. The Morgan fingerprint density at radius 3 is 2.52 bits per heavy atom. The summed E-state index contributed by atoms with van der Waals surface area (Å²) in [5, 5.41) is 11.0. The molecular formula is C14H10ClNO5. The van der Waals surface area contributed by atoms with Gasteiger partial charge in [0.15, 0.2) is 0 Å². The van der Waals surface area contributed by atoms with Crippen molar-refractivity contribution in [2.75, 3.05) is 0 Å². The second-order valence-electron chi connectivity index (χ2n) is 4.02. The Balaban J connectivity index is 1.88. The predicted octanol–water partition coefficient (Wildman–Crippen LogP) is 3.96. The summed E-state index contributed by atoms with van der Waals surface area (Å²) in [7, 11) is 0. The molecule has 0 fully saturated rings. The number of nitro groups is 1. The van der Waals surface area contributed by atoms with E-state index in [4.69, 9.17) is 21.1 Å². The van der Waals surface area contributed by atoms with Gasteiger partial charge in [0, 0.05) is 17.2 Å². The van der Waals surface area contributed by atoms with Gasteiger partial charge >= 0.3 is 6.16 Å². The van der Waals surface area contributed by atoms with Crippen molar-refractivity contribution in [2.24, 2.45) is 0 Å². The van der Waals surface area contributed by atoms with E-state index in [1.807, 2.05) is 0 Å². The summed E-state index contributed by atoms with van der Waals surface area (Å²) >= 11 is 5.80. The second kappa shape index (κ2) is 6.71. The first-order valence-electron chi connectivity index (χ1n) is 5.88. The maximum atomic E-state index is 11.5. The van der Waals surface area contributed by atoms with Gasteiger partial charge in [0.25, 0.3) is 5.69 Å². The van der Waals surface area contributed by atoms with E-state index in [2.05, 4.69) is 0 Å². The summed E-state index contributed by atoms with van der Waals surface area (Å²) in [6.07, 6.45) is -0.899. The van der Waals surface area contributed by atoms with E-state index in [1.165, 1.54) is 24.3 Å². The molecule has 0 radical (unpaired) electrons. The van der Waals surface area contributed by atoms with Crippen molar-refractivity contribution in [2.45, 2.75) is 6.61 Å². The maximum Gasteiger partial charge on any atom is 0.514 e. The highest BCUT2D eigenvalue weighted by Crippen LogP contribution is 2.18. The minimum atomic E-state index is -0.899. The number of halogens is 1. The van der Waals surface area contributed by atoms with Crippen molar-refractivity contribution in [1.29, 1.82) is 0 Å². The molecule has 6 nitrogen and oxygen atoms in total. The Morgan fingerprint density at radius 2 is 1.90 bits per heavy atom. The topological polar surface area (TPSA) is 78.7 Å². The highest BCUT2D eigenvalue weighted by molar-refractivity contribution is 6.30. The summed E-state index contributed by atoms with van der Waals surface area (Å²) in [4.78, 5) is 21.4. The van der Waals surface area contributed by atoms with Gasteiger partial charge in [-0.15, -0.1) is 0 Å². The molecule has 2 aromatic carbocycles. The molecule has 108 valence electrons. The predicted molar refractivity (Wildman–Crippen MR) is 75.4 cm³/mol. The van der Waals surface area contributed by atoms with Gasteiger partial charge < -0.3 is 9.47 Å². The third-order valence-electron chi connectivity index (χ3n) is 2.49. The van der Waals surface area contributed by atoms with Crippen LogP contribution >= 0.6 is 11.6 Å². The zero-order valence-electron chi connectivity index (χ0n) is 10.7. The smallest absolute Gasteiger partial charge is 0.429 e. The standard InChI is InChI=1S/C14H10ClNO5/c15-11-3-1-2-10(8-11)9-20-14(17)21-13-6-4-12(5-7-13)16(18)19/h1-8H,9H2. The quantitative estimate of drug-likeness (QED) is 0.369. The Morgan fingerprint density at radius 1 is 1.19 bits per heavy atom. The van der Waals surface area contributed by atoms with E-state index < -0.39 is 11.1 Å². The fraction of sp³-hybridized carbons (Fsp3) is 0.0714. The Kier molecular flexibility index (Phi) is 4.73. The fourth-order valence-corrected chi connectivity index (χ4v) is 1.74. The first kappa shape index (κ1) is 14.8. The van der Waals surface area contributed by atoms with E-state index in [-0.39, 0.29) is 18.0 Å². The zero-order valence-corrected chi connectivity index (χ0v) is 11.4. The summed E-state index contributed by atoms with van der Waals surface area (Å²) in [6.45, 7) is 0.0202. The normalized spacial score (nSPS) is 9.95. The van der Waals surface area contributed by atoms with Crippen molar-refractivity contribution in [1.82, 2.24) is 0 Å². The number of ether oxygens (including phenoxy) is 2. The van der Waals surface area contributed by atoms with Gasteiger partial charge in [0.05, 0.1) is 4.92 Å². The summed E-state index contributed by atoms with van der Waals surface area (Å²) < 4.78 is 9.80. The molecule has 2 aromatic rings. The number of non-ortho nitro benzene ring substituents is 1. The molecule has 0 unspecified atom stereocenters. The van der Waals surface area contributed by atoms with E-state index in [1.54, 1.807) is 24.3 Å². The molecule has 0 saturated carbocycles. The SMILES string of the molecule is O=C(OCc1cccc(Cl)c1)Oc1ccc([N+](=O)[O-])cc1. The van der Waals surface area contributed by atoms with Crippen LogP contribution in [0.3, 0.4) is 0 Å². The van der Waals surface area contributed by atoms with E-state index >= 15 is 0 Å².